The first-order valence-corrected chi connectivity index (χ1v) is 16.3. The number of β-lactam (4-membered cyclic amide) rings is 1. The van der Waals surface area contributed by atoms with Gasteiger partial charge in [0.25, 0.3) is 23.4 Å². The zero-order valence-electron chi connectivity index (χ0n) is 23.9. The minimum atomic E-state index is -1.33. The second-order valence-corrected chi connectivity index (χ2v) is 12.8. The molecule has 6 rings (SSSR count). The summed E-state index contributed by atoms with van der Waals surface area (Å²) < 4.78 is 1.26. The van der Waals surface area contributed by atoms with Gasteiger partial charge in [-0.25, -0.2) is 24.4 Å². The predicted molar refractivity (Wildman–Crippen MR) is 168 cm³/mol. The van der Waals surface area contributed by atoms with Gasteiger partial charge in [0, 0.05) is 22.6 Å². The first-order chi connectivity index (χ1) is 22.5. The maximum Gasteiger partial charge on any atom is 0.375 e. The Balaban J connectivity index is 1.19. The monoisotopic (exact) mass is 695 g/mol. The molecular weight excluding hydrogens is 675 g/mol. The Morgan fingerprint density at radius 2 is 1.91 bits per heavy atom. The first kappa shape index (κ1) is 31.6. The maximum atomic E-state index is 13.4. The average molecular weight is 696 g/mol. The molecule has 0 spiro atoms. The van der Waals surface area contributed by atoms with Crippen LogP contribution in [0.5, 0.6) is 0 Å². The standard InChI is InChI=1S/C27H21N9O8S3/c1-11-7-15(36-27(29-11)32-19(33-36)24(41)42)45-8-13-9-46-22-17(21(38)35(22)18(13)23(39)40)31-20(37)16(14-10-47-26(28)30-14)34-44-25(43)12-5-3-2-4-6-12/h2-7,10,17,22H,8-9H2,1H3,(H2,28,30)(H,31,37)(H,39,40)(H,41,42)/b34-16-/t17-,22-/m1/s1. The number of rotatable bonds is 10. The minimum absolute atomic E-state index is 0.0135. The number of nitrogen functional groups attached to an aromatic ring is 1. The summed E-state index contributed by atoms with van der Waals surface area (Å²) in [6.45, 7) is 1.70. The van der Waals surface area contributed by atoms with Crippen LogP contribution >= 0.6 is 34.9 Å². The number of nitrogens with one attached hydrogen (secondary N) is 1. The number of hydrogen-bond acceptors (Lipinski definition) is 15. The fourth-order valence-electron chi connectivity index (χ4n) is 4.63. The summed E-state index contributed by atoms with van der Waals surface area (Å²) in [5.41, 5.74) is 6.28. The second kappa shape index (κ2) is 12.8. The molecule has 5 N–H and O–H groups in total. The fourth-order valence-corrected chi connectivity index (χ4v) is 7.71. The van der Waals surface area contributed by atoms with E-state index in [1.807, 2.05) is 0 Å². The lowest BCUT2D eigenvalue weighted by molar-refractivity contribution is -0.150. The molecule has 1 fully saturated rings. The number of aromatic nitrogens is 5. The molecule has 0 radical (unpaired) electrons. The van der Waals surface area contributed by atoms with Crippen molar-refractivity contribution in [2.45, 2.75) is 23.4 Å². The van der Waals surface area contributed by atoms with Gasteiger partial charge < -0.3 is 26.1 Å². The zero-order valence-corrected chi connectivity index (χ0v) is 26.3. The normalized spacial score (nSPS) is 17.7. The number of fused-ring (bicyclic) bond motifs is 2. The first-order valence-electron chi connectivity index (χ1n) is 13.4. The summed E-state index contributed by atoms with van der Waals surface area (Å²) in [6.07, 6.45) is 0. The van der Waals surface area contributed by atoms with Crippen molar-refractivity contribution in [3.05, 3.63) is 75.8 Å². The molecule has 3 aromatic heterocycles. The van der Waals surface area contributed by atoms with E-state index in [-0.39, 0.29) is 39.4 Å². The number of carbonyl (C=O) groups is 5. The molecular formula is C27H21N9O8S3. The molecule has 240 valence electrons. The topological polar surface area (TPSA) is 245 Å². The van der Waals surface area contributed by atoms with E-state index in [0.29, 0.717) is 16.3 Å². The zero-order chi connectivity index (χ0) is 33.4. The quantitative estimate of drug-likeness (QED) is 0.0456. The highest BCUT2D eigenvalue weighted by Crippen LogP contribution is 2.41. The third-order valence-corrected chi connectivity index (χ3v) is 9.83. The van der Waals surface area contributed by atoms with Crippen LogP contribution in [0.2, 0.25) is 0 Å². The largest absolute Gasteiger partial charge is 0.477 e. The van der Waals surface area contributed by atoms with E-state index in [9.17, 15) is 34.2 Å². The lowest BCUT2D eigenvalue weighted by Gasteiger charge is -2.49. The number of nitrogens with two attached hydrogens (primary N) is 1. The Morgan fingerprint density at radius 1 is 1.15 bits per heavy atom. The maximum absolute atomic E-state index is 13.4. The SMILES string of the molecule is Cc1cc(SCC2=C(C(=O)O)N3C(=O)[C@@H](NC(=O)/C(=N\OC(=O)c4ccccc4)c4csc(N)n4)[C@H]3SC2)n2nc(C(=O)O)nc2n1. The van der Waals surface area contributed by atoms with Crippen molar-refractivity contribution >= 4 is 81.2 Å². The molecule has 0 bridgehead atoms. The van der Waals surface area contributed by atoms with Gasteiger partial charge >= 0.3 is 17.9 Å². The Morgan fingerprint density at radius 3 is 2.60 bits per heavy atom. The van der Waals surface area contributed by atoms with Crippen molar-refractivity contribution in [1.82, 2.24) is 34.8 Å². The van der Waals surface area contributed by atoms with Crippen molar-refractivity contribution in [2.24, 2.45) is 5.16 Å². The smallest absolute Gasteiger partial charge is 0.375 e. The highest BCUT2D eigenvalue weighted by molar-refractivity contribution is 8.01. The summed E-state index contributed by atoms with van der Waals surface area (Å²) in [5.74, 6) is -5.08. The van der Waals surface area contributed by atoms with Crippen LogP contribution in [0.1, 0.15) is 32.4 Å². The number of hydrogen-bond donors (Lipinski definition) is 4. The van der Waals surface area contributed by atoms with Crippen LogP contribution in [-0.2, 0) is 19.2 Å². The highest BCUT2D eigenvalue weighted by Gasteiger charge is 2.54. The number of carbonyl (C=O) groups excluding carboxylic acids is 3. The molecule has 47 heavy (non-hydrogen) atoms. The van der Waals surface area contributed by atoms with Gasteiger partial charge in [0.1, 0.15) is 27.8 Å². The molecule has 0 saturated carbocycles. The van der Waals surface area contributed by atoms with Crippen molar-refractivity contribution in [1.29, 1.82) is 0 Å². The molecule has 5 heterocycles. The van der Waals surface area contributed by atoms with Crippen molar-refractivity contribution in [3.63, 3.8) is 0 Å². The number of nitrogens with zero attached hydrogens (tertiary/aromatic N) is 7. The van der Waals surface area contributed by atoms with E-state index in [1.165, 1.54) is 45.6 Å². The molecule has 1 aromatic carbocycles. The van der Waals surface area contributed by atoms with Crippen molar-refractivity contribution in [3.8, 4) is 0 Å². The van der Waals surface area contributed by atoms with Crippen LogP contribution in [0.25, 0.3) is 5.78 Å². The molecule has 0 aliphatic carbocycles. The Bertz CT molecular complexity index is 2030. The number of carboxylic acids is 2. The third-order valence-electron chi connectivity index (χ3n) is 6.74. The van der Waals surface area contributed by atoms with Crippen LogP contribution in [0.3, 0.4) is 0 Å². The second-order valence-electron chi connectivity index (χ2n) is 9.85. The molecule has 2 atom stereocenters. The van der Waals surface area contributed by atoms with E-state index < -0.39 is 52.7 Å². The van der Waals surface area contributed by atoms with E-state index in [4.69, 9.17) is 10.6 Å². The van der Waals surface area contributed by atoms with Gasteiger partial charge in [-0.15, -0.1) is 40.0 Å². The molecule has 2 aliphatic heterocycles. The van der Waals surface area contributed by atoms with Gasteiger partial charge in [-0.1, -0.05) is 23.4 Å². The van der Waals surface area contributed by atoms with Gasteiger partial charge in [-0.05, 0) is 30.7 Å². The van der Waals surface area contributed by atoms with E-state index in [1.54, 1.807) is 31.2 Å². The minimum Gasteiger partial charge on any atom is -0.477 e. The fraction of sp³-hybridized carbons (Fsp3) is 0.185. The number of amides is 2. The van der Waals surface area contributed by atoms with Crippen LogP contribution in [0, 0.1) is 6.92 Å². The van der Waals surface area contributed by atoms with Crippen LogP contribution < -0.4 is 11.1 Å². The van der Waals surface area contributed by atoms with E-state index in [0.717, 1.165) is 16.2 Å². The Labute approximate surface area is 275 Å². The lowest BCUT2D eigenvalue weighted by atomic mass is 10.0. The number of carboxylic acid groups (broad SMARTS) is 2. The molecule has 0 unspecified atom stereocenters. The number of aromatic carboxylic acids is 1. The van der Waals surface area contributed by atoms with Gasteiger partial charge in [0.2, 0.25) is 0 Å². The lowest BCUT2D eigenvalue weighted by Crippen LogP contribution is -2.71. The number of aryl methyl sites for hydroxylation is 1. The molecule has 4 aromatic rings. The summed E-state index contributed by atoms with van der Waals surface area (Å²) in [7, 11) is 0. The van der Waals surface area contributed by atoms with E-state index in [2.05, 4.69) is 30.5 Å². The molecule has 1 saturated heterocycles. The summed E-state index contributed by atoms with van der Waals surface area (Å²) >= 11 is 3.45. The number of thioether (sulfide) groups is 2. The third kappa shape index (κ3) is 6.24. The molecule has 2 aliphatic rings. The average Bonchev–Trinajstić information content (AvgIpc) is 3.68. The molecule has 2 amide bonds. The van der Waals surface area contributed by atoms with Crippen LogP contribution in [-0.4, -0.2) is 98.0 Å². The van der Waals surface area contributed by atoms with Crippen molar-refractivity contribution in [2.75, 3.05) is 17.2 Å². The Kier molecular flexibility index (Phi) is 8.62. The van der Waals surface area contributed by atoms with E-state index >= 15 is 0 Å². The van der Waals surface area contributed by atoms with Gasteiger partial charge in [0.05, 0.1) is 5.56 Å². The highest BCUT2D eigenvalue weighted by atomic mass is 32.2. The van der Waals surface area contributed by atoms with Crippen LogP contribution in [0.4, 0.5) is 5.13 Å². The van der Waals surface area contributed by atoms with Gasteiger partial charge in [-0.2, -0.15) is 9.50 Å². The summed E-state index contributed by atoms with van der Waals surface area (Å²) in [5, 5.41) is 30.9. The number of benzene rings is 1. The summed E-state index contributed by atoms with van der Waals surface area (Å²) in [4.78, 5) is 81.1. The number of oxime groups is 1. The summed E-state index contributed by atoms with van der Waals surface area (Å²) in [6, 6.07) is 8.51. The Hall–Kier alpha value is -5.34. The molecule has 20 heteroatoms. The molecule has 17 nitrogen and oxygen atoms in total. The van der Waals surface area contributed by atoms with Crippen LogP contribution in [0.15, 0.2) is 63.2 Å². The number of thiazole rings is 1. The van der Waals surface area contributed by atoms with Crippen molar-refractivity contribution < 1.29 is 39.0 Å². The number of aliphatic carboxylic acids is 1. The number of anilines is 1. The predicted octanol–water partition coefficient (Wildman–Crippen LogP) is 1.26. The van der Waals surface area contributed by atoms with Gasteiger partial charge in [0.15, 0.2) is 10.8 Å². The van der Waals surface area contributed by atoms with Gasteiger partial charge in [-0.3, -0.25) is 14.5 Å².